The molecule has 1 saturated heterocycles. The molecule has 0 bridgehead atoms. The van der Waals surface area contributed by atoms with Gasteiger partial charge >= 0.3 is 0 Å². The van der Waals surface area contributed by atoms with E-state index in [2.05, 4.69) is 5.32 Å². The molecular formula is C8H15NO. The molecule has 0 aromatic carbocycles. The van der Waals surface area contributed by atoms with E-state index < -0.39 is 0 Å². The fourth-order valence-electron chi connectivity index (χ4n) is 2.23. The zero-order valence-electron chi connectivity index (χ0n) is 6.27. The summed E-state index contributed by atoms with van der Waals surface area (Å²) in [5.41, 5.74) is 0.642. The minimum absolute atomic E-state index is 0.347. The average molecular weight is 141 g/mol. The largest absolute Gasteiger partial charge is 0.396 e. The van der Waals surface area contributed by atoms with E-state index in [1.54, 1.807) is 0 Å². The first-order valence-electron chi connectivity index (χ1n) is 4.22. The first kappa shape index (κ1) is 6.62. The van der Waals surface area contributed by atoms with Crippen molar-refractivity contribution in [1.29, 1.82) is 0 Å². The molecule has 1 saturated carbocycles. The number of rotatable bonds is 2. The zero-order valence-corrected chi connectivity index (χ0v) is 6.27. The third-order valence-electron chi connectivity index (χ3n) is 3.21. The van der Waals surface area contributed by atoms with E-state index in [1.165, 1.54) is 25.8 Å². The Morgan fingerprint density at radius 3 is 2.60 bits per heavy atom. The van der Waals surface area contributed by atoms with Crippen molar-refractivity contribution >= 4 is 0 Å². The quantitative estimate of drug-likeness (QED) is 0.587. The molecule has 1 aliphatic heterocycles. The molecule has 2 fully saturated rings. The highest BCUT2D eigenvalue weighted by molar-refractivity contribution is 5.06. The van der Waals surface area contributed by atoms with Gasteiger partial charge in [0.05, 0.1) is 0 Å². The summed E-state index contributed by atoms with van der Waals surface area (Å²) >= 11 is 0. The summed E-state index contributed by atoms with van der Waals surface area (Å²) < 4.78 is 0. The third kappa shape index (κ3) is 0.722. The Bertz CT molecular complexity index is 126. The van der Waals surface area contributed by atoms with Crippen LogP contribution in [0.15, 0.2) is 0 Å². The Kier molecular flexibility index (Phi) is 1.46. The lowest BCUT2D eigenvalue weighted by molar-refractivity contribution is -0.0151. The molecule has 1 heterocycles. The van der Waals surface area contributed by atoms with Crippen LogP contribution < -0.4 is 5.32 Å². The van der Waals surface area contributed by atoms with Crippen LogP contribution >= 0.6 is 0 Å². The van der Waals surface area contributed by atoms with Gasteiger partial charge in [-0.15, -0.1) is 0 Å². The summed E-state index contributed by atoms with van der Waals surface area (Å²) in [4.78, 5) is 0. The molecule has 1 spiro atoms. The highest BCUT2D eigenvalue weighted by atomic mass is 16.3. The Morgan fingerprint density at radius 2 is 2.30 bits per heavy atom. The molecule has 1 atom stereocenters. The summed E-state index contributed by atoms with van der Waals surface area (Å²) in [5.74, 6) is 0. The topological polar surface area (TPSA) is 32.3 Å². The number of nitrogens with one attached hydrogen (secondary N) is 1. The lowest BCUT2D eigenvalue weighted by atomic mass is 9.59. The van der Waals surface area contributed by atoms with Crippen molar-refractivity contribution in [2.45, 2.75) is 31.7 Å². The van der Waals surface area contributed by atoms with Gasteiger partial charge in [-0.1, -0.05) is 6.42 Å². The second-order valence-corrected chi connectivity index (χ2v) is 3.66. The fourth-order valence-corrected chi connectivity index (χ4v) is 2.23. The van der Waals surface area contributed by atoms with Crippen LogP contribution in [-0.2, 0) is 0 Å². The first-order chi connectivity index (χ1) is 4.87. The molecule has 2 aliphatic rings. The molecule has 0 radical (unpaired) electrons. The molecule has 2 N–H and O–H groups in total. The predicted octanol–water partition coefficient (Wildman–Crippen LogP) is 0.511. The van der Waals surface area contributed by atoms with Crippen LogP contribution in [0.2, 0.25) is 0 Å². The van der Waals surface area contributed by atoms with Crippen molar-refractivity contribution < 1.29 is 5.11 Å². The number of aliphatic hydroxyl groups excluding tert-OH is 1. The van der Waals surface area contributed by atoms with Crippen LogP contribution in [0.1, 0.15) is 25.7 Å². The monoisotopic (exact) mass is 141 g/mol. The van der Waals surface area contributed by atoms with E-state index in [4.69, 9.17) is 5.11 Å². The van der Waals surface area contributed by atoms with E-state index in [0.717, 1.165) is 6.42 Å². The molecule has 1 unspecified atom stereocenters. The van der Waals surface area contributed by atoms with Crippen molar-refractivity contribution in [2.75, 3.05) is 13.2 Å². The highest BCUT2D eigenvalue weighted by Gasteiger charge is 2.49. The Labute approximate surface area is 61.6 Å². The van der Waals surface area contributed by atoms with Gasteiger partial charge in [-0.25, -0.2) is 0 Å². The standard InChI is InChI=1S/C8H15NO/c10-5-2-7-8(6-9-7)3-1-4-8/h7,9-10H,1-6H2. The van der Waals surface area contributed by atoms with Crippen LogP contribution in [0.3, 0.4) is 0 Å². The van der Waals surface area contributed by atoms with Crippen LogP contribution in [-0.4, -0.2) is 24.3 Å². The Morgan fingerprint density at radius 1 is 1.50 bits per heavy atom. The second kappa shape index (κ2) is 2.21. The van der Waals surface area contributed by atoms with E-state index in [9.17, 15) is 0 Å². The van der Waals surface area contributed by atoms with Gasteiger partial charge in [-0.05, 0) is 24.7 Å². The predicted molar refractivity (Wildman–Crippen MR) is 39.8 cm³/mol. The van der Waals surface area contributed by atoms with Crippen LogP contribution in [0.4, 0.5) is 0 Å². The van der Waals surface area contributed by atoms with Gasteiger partial charge in [0.2, 0.25) is 0 Å². The molecule has 0 aromatic rings. The van der Waals surface area contributed by atoms with Crippen molar-refractivity contribution in [3.63, 3.8) is 0 Å². The number of aliphatic hydroxyl groups is 1. The highest BCUT2D eigenvalue weighted by Crippen LogP contribution is 2.49. The maximum Gasteiger partial charge on any atom is 0.0446 e. The van der Waals surface area contributed by atoms with E-state index in [1.807, 2.05) is 0 Å². The van der Waals surface area contributed by atoms with E-state index >= 15 is 0 Å². The van der Waals surface area contributed by atoms with Crippen molar-refractivity contribution in [2.24, 2.45) is 5.41 Å². The van der Waals surface area contributed by atoms with Gasteiger partial charge in [0.15, 0.2) is 0 Å². The second-order valence-electron chi connectivity index (χ2n) is 3.66. The molecule has 2 nitrogen and oxygen atoms in total. The number of hydrogen-bond donors (Lipinski definition) is 2. The lowest BCUT2D eigenvalue weighted by Gasteiger charge is -2.56. The van der Waals surface area contributed by atoms with E-state index in [-0.39, 0.29) is 0 Å². The summed E-state index contributed by atoms with van der Waals surface area (Å²) in [6, 6.07) is 0.645. The lowest BCUT2D eigenvalue weighted by Crippen LogP contribution is -2.65. The van der Waals surface area contributed by atoms with Gasteiger partial charge in [0.25, 0.3) is 0 Å². The summed E-state index contributed by atoms with van der Waals surface area (Å²) in [7, 11) is 0. The summed E-state index contributed by atoms with van der Waals surface area (Å²) in [5, 5.41) is 12.1. The maximum absolute atomic E-state index is 8.71. The van der Waals surface area contributed by atoms with Crippen molar-refractivity contribution in [3.05, 3.63) is 0 Å². The SMILES string of the molecule is OCCC1NCC12CCC2. The summed E-state index contributed by atoms with van der Waals surface area (Å²) in [6.07, 6.45) is 5.15. The zero-order chi connectivity index (χ0) is 7.03. The molecule has 0 amide bonds. The molecule has 2 rings (SSSR count). The minimum atomic E-state index is 0.347. The van der Waals surface area contributed by atoms with Crippen LogP contribution in [0.5, 0.6) is 0 Å². The normalized spacial score (nSPS) is 35.1. The van der Waals surface area contributed by atoms with Crippen LogP contribution in [0, 0.1) is 5.41 Å². The van der Waals surface area contributed by atoms with Crippen molar-refractivity contribution in [1.82, 2.24) is 5.32 Å². The van der Waals surface area contributed by atoms with Gasteiger partial charge < -0.3 is 10.4 Å². The van der Waals surface area contributed by atoms with Gasteiger partial charge in [-0.3, -0.25) is 0 Å². The Hall–Kier alpha value is -0.0800. The van der Waals surface area contributed by atoms with E-state index in [0.29, 0.717) is 18.1 Å². The molecule has 10 heavy (non-hydrogen) atoms. The molecule has 2 heteroatoms. The van der Waals surface area contributed by atoms with Crippen LogP contribution in [0.25, 0.3) is 0 Å². The molecule has 58 valence electrons. The van der Waals surface area contributed by atoms with Gasteiger partial charge in [-0.2, -0.15) is 0 Å². The van der Waals surface area contributed by atoms with Gasteiger partial charge in [0.1, 0.15) is 0 Å². The Balaban J connectivity index is 1.87. The third-order valence-corrected chi connectivity index (χ3v) is 3.21. The smallest absolute Gasteiger partial charge is 0.0446 e. The molecule has 1 aliphatic carbocycles. The molecule has 0 aromatic heterocycles. The van der Waals surface area contributed by atoms with Crippen molar-refractivity contribution in [3.8, 4) is 0 Å². The summed E-state index contributed by atoms with van der Waals surface area (Å²) in [6.45, 7) is 1.55. The number of hydrogen-bond acceptors (Lipinski definition) is 2. The fraction of sp³-hybridized carbons (Fsp3) is 1.00. The van der Waals surface area contributed by atoms with Gasteiger partial charge in [0, 0.05) is 19.2 Å². The maximum atomic E-state index is 8.71. The minimum Gasteiger partial charge on any atom is -0.396 e. The molecular weight excluding hydrogens is 126 g/mol. The first-order valence-corrected chi connectivity index (χ1v) is 4.22. The average Bonchev–Trinajstić information content (AvgIpc) is 1.77.